The Bertz CT molecular complexity index is 403. The highest BCUT2D eigenvalue weighted by Crippen LogP contribution is 2.11. The van der Waals surface area contributed by atoms with Gasteiger partial charge in [-0.15, -0.1) is 0 Å². The number of hydrogen-bond donors (Lipinski definition) is 1. The van der Waals surface area contributed by atoms with Crippen molar-refractivity contribution in [1.82, 2.24) is 9.89 Å². The predicted molar refractivity (Wildman–Crippen MR) is 54.2 cm³/mol. The summed E-state index contributed by atoms with van der Waals surface area (Å²) in [5.74, 6) is 0. The first kappa shape index (κ1) is 8.10. The van der Waals surface area contributed by atoms with E-state index in [1.165, 1.54) is 0 Å². The molecule has 0 bridgehead atoms. The molecule has 0 radical (unpaired) electrons. The van der Waals surface area contributed by atoms with Crippen molar-refractivity contribution in [3.05, 3.63) is 30.5 Å². The first-order valence-electron chi connectivity index (χ1n) is 4.46. The molecule has 68 valence electrons. The second-order valence-corrected chi connectivity index (χ2v) is 3.40. The molecule has 0 spiro atoms. The van der Waals surface area contributed by atoms with E-state index in [9.17, 15) is 0 Å². The van der Waals surface area contributed by atoms with Crippen LogP contribution < -0.4 is 5.43 Å². The van der Waals surface area contributed by atoms with Crippen LogP contribution in [0.1, 0.15) is 13.8 Å². The summed E-state index contributed by atoms with van der Waals surface area (Å²) >= 11 is 0. The van der Waals surface area contributed by atoms with Crippen LogP contribution in [0.4, 0.5) is 0 Å². The van der Waals surface area contributed by atoms with Gasteiger partial charge in [0, 0.05) is 11.4 Å². The van der Waals surface area contributed by atoms with E-state index >= 15 is 0 Å². The molecular weight excluding hydrogens is 162 g/mol. The van der Waals surface area contributed by atoms with Gasteiger partial charge in [-0.2, -0.15) is 9.89 Å². The molecule has 0 saturated heterocycles. The maximum absolute atomic E-state index is 4.24. The molecule has 0 fully saturated rings. The number of benzene rings is 1. The van der Waals surface area contributed by atoms with Gasteiger partial charge in [0.25, 0.3) is 0 Å². The summed E-state index contributed by atoms with van der Waals surface area (Å²) < 4.78 is 0. The van der Waals surface area contributed by atoms with E-state index in [1.807, 2.05) is 23.1 Å². The molecule has 0 amide bonds. The topological polar surface area (TPSA) is 29.9 Å². The van der Waals surface area contributed by atoms with Crippen LogP contribution >= 0.6 is 0 Å². The minimum absolute atomic E-state index is 0.392. The molecule has 1 aromatic carbocycles. The highest BCUT2D eigenvalue weighted by atomic mass is 15.6. The lowest BCUT2D eigenvalue weighted by Crippen LogP contribution is -2.22. The van der Waals surface area contributed by atoms with Crippen LogP contribution in [-0.2, 0) is 0 Å². The largest absolute Gasteiger partial charge is 0.307 e. The number of nitrogens with zero attached hydrogens (tertiary/aromatic N) is 2. The number of nitrogens with one attached hydrogen (secondary N) is 1. The lowest BCUT2D eigenvalue weighted by Gasteiger charge is -2.10. The van der Waals surface area contributed by atoms with Gasteiger partial charge in [0.2, 0.25) is 0 Å². The molecule has 3 nitrogen and oxygen atoms in total. The summed E-state index contributed by atoms with van der Waals surface area (Å²) in [5.41, 5.74) is 4.35. The van der Waals surface area contributed by atoms with E-state index in [2.05, 4.69) is 36.5 Å². The molecular formula is C10H13N3. The molecule has 0 unspecified atom stereocenters. The third kappa shape index (κ3) is 1.49. The number of rotatable bonds is 2. The Balaban J connectivity index is 2.46. The van der Waals surface area contributed by atoms with Gasteiger partial charge in [0.05, 0.1) is 11.7 Å². The molecule has 0 aliphatic carbocycles. The third-order valence-corrected chi connectivity index (χ3v) is 1.86. The number of aromatic nitrogens is 2. The van der Waals surface area contributed by atoms with Gasteiger partial charge in [-0.25, -0.2) is 0 Å². The van der Waals surface area contributed by atoms with Crippen LogP contribution in [-0.4, -0.2) is 15.9 Å². The SMILES string of the molecule is CC(C)Nn1ncc2ccccc21. The minimum Gasteiger partial charge on any atom is -0.307 e. The van der Waals surface area contributed by atoms with Gasteiger partial charge in [-0.05, 0) is 19.9 Å². The Hall–Kier alpha value is -1.51. The van der Waals surface area contributed by atoms with Crippen LogP contribution in [0, 0.1) is 0 Å². The highest BCUT2D eigenvalue weighted by molar-refractivity contribution is 5.78. The number of fused-ring (bicyclic) bond motifs is 1. The standard InChI is InChI=1S/C10H13N3/c1-8(2)12-13-10-6-4-3-5-9(10)7-11-13/h3-8,12H,1-2H3. The predicted octanol–water partition coefficient (Wildman–Crippen LogP) is 1.99. The van der Waals surface area contributed by atoms with Gasteiger partial charge in [-0.1, -0.05) is 18.2 Å². The number of para-hydroxylation sites is 1. The zero-order valence-electron chi connectivity index (χ0n) is 7.86. The molecule has 2 aromatic rings. The van der Waals surface area contributed by atoms with Crippen molar-refractivity contribution in [3.63, 3.8) is 0 Å². The van der Waals surface area contributed by atoms with Gasteiger partial charge >= 0.3 is 0 Å². The molecule has 0 atom stereocenters. The first-order chi connectivity index (χ1) is 6.27. The maximum Gasteiger partial charge on any atom is 0.0918 e. The van der Waals surface area contributed by atoms with E-state index in [0.29, 0.717) is 6.04 Å². The summed E-state index contributed by atoms with van der Waals surface area (Å²) in [7, 11) is 0. The second kappa shape index (κ2) is 3.09. The van der Waals surface area contributed by atoms with Crippen molar-refractivity contribution >= 4 is 10.9 Å². The monoisotopic (exact) mass is 175 g/mol. The van der Waals surface area contributed by atoms with Crippen molar-refractivity contribution in [2.24, 2.45) is 0 Å². The van der Waals surface area contributed by atoms with Gasteiger partial charge < -0.3 is 5.43 Å². The summed E-state index contributed by atoms with van der Waals surface area (Å²) in [6.45, 7) is 4.19. The van der Waals surface area contributed by atoms with E-state index in [0.717, 1.165) is 10.9 Å². The van der Waals surface area contributed by atoms with Crippen molar-refractivity contribution in [2.75, 3.05) is 5.43 Å². The Morgan fingerprint density at radius 3 is 2.85 bits per heavy atom. The summed E-state index contributed by atoms with van der Waals surface area (Å²) in [4.78, 5) is 1.82. The quantitative estimate of drug-likeness (QED) is 0.756. The molecule has 2 rings (SSSR count). The van der Waals surface area contributed by atoms with Crippen molar-refractivity contribution in [2.45, 2.75) is 19.9 Å². The van der Waals surface area contributed by atoms with Crippen LogP contribution in [0.2, 0.25) is 0 Å². The fourth-order valence-corrected chi connectivity index (χ4v) is 1.32. The van der Waals surface area contributed by atoms with Gasteiger partial charge in [0.15, 0.2) is 0 Å². The van der Waals surface area contributed by atoms with Crippen molar-refractivity contribution in [1.29, 1.82) is 0 Å². The third-order valence-electron chi connectivity index (χ3n) is 1.86. The molecule has 0 aliphatic rings. The molecule has 13 heavy (non-hydrogen) atoms. The maximum atomic E-state index is 4.24. The van der Waals surface area contributed by atoms with Gasteiger partial charge in [0.1, 0.15) is 0 Å². The first-order valence-corrected chi connectivity index (χ1v) is 4.46. The minimum atomic E-state index is 0.392. The van der Waals surface area contributed by atoms with Crippen molar-refractivity contribution in [3.8, 4) is 0 Å². The zero-order valence-corrected chi connectivity index (χ0v) is 7.86. The fourth-order valence-electron chi connectivity index (χ4n) is 1.32. The van der Waals surface area contributed by atoms with E-state index in [4.69, 9.17) is 0 Å². The van der Waals surface area contributed by atoms with Crippen molar-refractivity contribution < 1.29 is 0 Å². The normalized spacial score (nSPS) is 11.0. The Kier molecular flexibility index (Phi) is 1.93. The molecule has 1 N–H and O–H groups in total. The van der Waals surface area contributed by atoms with Crippen LogP contribution in [0.5, 0.6) is 0 Å². The summed E-state index contributed by atoms with van der Waals surface area (Å²) in [6, 6.07) is 8.54. The van der Waals surface area contributed by atoms with E-state index in [-0.39, 0.29) is 0 Å². The molecule has 1 aromatic heterocycles. The van der Waals surface area contributed by atoms with E-state index in [1.54, 1.807) is 0 Å². The molecule has 3 heteroatoms. The molecule has 0 saturated carbocycles. The molecule has 0 aliphatic heterocycles. The molecule has 1 heterocycles. The van der Waals surface area contributed by atoms with Crippen LogP contribution in [0.25, 0.3) is 10.9 Å². The summed E-state index contributed by atoms with van der Waals surface area (Å²) in [5, 5.41) is 5.40. The van der Waals surface area contributed by atoms with Gasteiger partial charge in [-0.3, -0.25) is 0 Å². The Morgan fingerprint density at radius 1 is 1.31 bits per heavy atom. The number of hydrogen-bond acceptors (Lipinski definition) is 2. The lowest BCUT2D eigenvalue weighted by atomic mass is 10.3. The second-order valence-electron chi connectivity index (χ2n) is 3.40. The van der Waals surface area contributed by atoms with E-state index < -0.39 is 0 Å². The highest BCUT2D eigenvalue weighted by Gasteiger charge is 2.00. The van der Waals surface area contributed by atoms with Crippen LogP contribution in [0.15, 0.2) is 30.5 Å². The Labute approximate surface area is 77.3 Å². The lowest BCUT2D eigenvalue weighted by molar-refractivity contribution is 0.685. The smallest absolute Gasteiger partial charge is 0.0918 e. The fraction of sp³-hybridized carbons (Fsp3) is 0.300. The average molecular weight is 175 g/mol. The Morgan fingerprint density at radius 2 is 2.08 bits per heavy atom. The zero-order chi connectivity index (χ0) is 9.26. The summed E-state index contributed by atoms with van der Waals surface area (Å²) in [6.07, 6.45) is 1.87. The average Bonchev–Trinajstić information content (AvgIpc) is 2.48. The van der Waals surface area contributed by atoms with Crippen LogP contribution in [0.3, 0.4) is 0 Å².